The molecule has 0 aromatic carbocycles. The molecule has 0 aromatic rings. The summed E-state index contributed by atoms with van der Waals surface area (Å²) in [6.07, 6.45) is 2.73. The van der Waals surface area contributed by atoms with Gasteiger partial charge in [-0.15, -0.1) is 0 Å². The average molecular weight is 242 g/mol. The topological polar surface area (TPSA) is 53.0 Å². The predicted molar refractivity (Wildman–Crippen MR) is 63.8 cm³/mol. The Balaban J connectivity index is 1.79. The Morgan fingerprint density at radius 3 is 2.53 bits per heavy atom. The number of aliphatic hydroxyl groups is 1. The third-order valence-electron chi connectivity index (χ3n) is 3.75. The van der Waals surface area contributed by atoms with Crippen molar-refractivity contribution in [3.63, 3.8) is 0 Å². The third-order valence-corrected chi connectivity index (χ3v) is 3.75. The summed E-state index contributed by atoms with van der Waals surface area (Å²) in [5.74, 6) is 0. The molecule has 2 fully saturated rings. The van der Waals surface area contributed by atoms with Crippen molar-refractivity contribution >= 4 is 6.09 Å². The summed E-state index contributed by atoms with van der Waals surface area (Å²) in [6, 6.07) is 0.305. The summed E-state index contributed by atoms with van der Waals surface area (Å²) < 4.78 is 4.98. The second kappa shape index (κ2) is 5.69. The summed E-state index contributed by atoms with van der Waals surface area (Å²) in [5, 5.41) is 9.85. The smallest absolute Gasteiger partial charge is 0.409 e. The van der Waals surface area contributed by atoms with Crippen molar-refractivity contribution < 1.29 is 14.6 Å². The molecule has 0 aromatic heterocycles. The molecule has 5 nitrogen and oxygen atoms in total. The van der Waals surface area contributed by atoms with E-state index in [1.165, 1.54) is 0 Å². The van der Waals surface area contributed by atoms with Crippen LogP contribution in [0.2, 0.25) is 0 Å². The number of carbonyl (C=O) groups excluding carboxylic acids is 1. The zero-order chi connectivity index (χ0) is 12.3. The molecule has 0 radical (unpaired) electrons. The van der Waals surface area contributed by atoms with Crippen molar-refractivity contribution in [3.05, 3.63) is 0 Å². The minimum absolute atomic E-state index is 0.177. The van der Waals surface area contributed by atoms with Gasteiger partial charge in [0, 0.05) is 32.2 Å². The maximum atomic E-state index is 11.5. The predicted octanol–water partition coefficient (Wildman–Crippen LogP) is 0.674. The standard InChI is InChI=1S/C12H22N2O3/c1-2-17-12(16)14-8-6-13(7-9-14)10-4-3-5-11(10)15/h10-11,15H,2-9H2,1H3/t10-,11-/m0/s1. The van der Waals surface area contributed by atoms with Gasteiger partial charge in [0.25, 0.3) is 0 Å². The fourth-order valence-electron chi connectivity index (χ4n) is 2.80. The molecule has 17 heavy (non-hydrogen) atoms. The van der Waals surface area contributed by atoms with Gasteiger partial charge in [-0.25, -0.2) is 4.79 Å². The van der Waals surface area contributed by atoms with Crippen LogP contribution in [0, 0.1) is 0 Å². The van der Waals surface area contributed by atoms with Crippen molar-refractivity contribution in [2.24, 2.45) is 0 Å². The van der Waals surface area contributed by atoms with Crippen LogP contribution in [-0.4, -0.2) is 65.9 Å². The van der Waals surface area contributed by atoms with Crippen LogP contribution in [0.1, 0.15) is 26.2 Å². The molecule has 1 aliphatic heterocycles. The van der Waals surface area contributed by atoms with E-state index in [4.69, 9.17) is 4.74 Å². The number of ether oxygens (including phenoxy) is 1. The molecule has 0 unspecified atom stereocenters. The molecule has 0 bridgehead atoms. The number of aliphatic hydroxyl groups excluding tert-OH is 1. The van der Waals surface area contributed by atoms with Gasteiger partial charge >= 0.3 is 6.09 Å². The van der Waals surface area contributed by atoms with Crippen molar-refractivity contribution in [2.75, 3.05) is 32.8 Å². The van der Waals surface area contributed by atoms with E-state index in [2.05, 4.69) is 4.90 Å². The first-order chi connectivity index (χ1) is 8.22. The van der Waals surface area contributed by atoms with E-state index in [0.717, 1.165) is 32.4 Å². The first-order valence-corrected chi connectivity index (χ1v) is 6.56. The van der Waals surface area contributed by atoms with Crippen LogP contribution in [0.15, 0.2) is 0 Å². The highest BCUT2D eigenvalue weighted by atomic mass is 16.6. The lowest BCUT2D eigenvalue weighted by molar-refractivity contribution is 0.0306. The molecule has 1 aliphatic carbocycles. The number of hydrogen-bond acceptors (Lipinski definition) is 4. The monoisotopic (exact) mass is 242 g/mol. The SMILES string of the molecule is CCOC(=O)N1CCN([C@H]2CCC[C@@H]2O)CC1. The molecule has 1 heterocycles. The number of amides is 1. The Kier molecular flexibility index (Phi) is 4.23. The molecule has 1 N–H and O–H groups in total. The molecule has 2 atom stereocenters. The summed E-state index contributed by atoms with van der Waals surface area (Å²) in [7, 11) is 0. The minimum atomic E-state index is -0.209. The van der Waals surface area contributed by atoms with E-state index in [1.807, 2.05) is 6.92 Å². The van der Waals surface area contributed by atoms with E-state index in [-0.39, 0.29) is 12.2 Å². The quantitative estimate of drug-likeness (QED) is 0.773. The first-order valence-electron chi connectivity index (χ1n) is 6.56. The van der Waals surface area contributed by atoms with Crippen LogP contribution in [-0.2, 0) is 4.74 Å². The highest BCUT2D eigenvalue weighted by Crippen LogP contribution is 2.25. The number of hydrogen-bond donors (Lipinski definition) is 1. The lowest BCUT2D eigenvalue weighted by Gasteiger charge is -2.38. The van der Waals surface area contributed by atoms with Gasteiger partial charge in [-0.05, 0) is 26.2 Å². The van der Waals surface area contributed by atoms with Crippen molar-refractivity contribution in [2.45, 2.75) is 38.3 Å². The molecule has 98 valence electrons. The number of nitrogens with zero attached hydrogens (tertiary/aromatic N) is 2. The van der Waals surface area contributed by atoms with E-state index < -0.39 is 0 Å². The van der Waals surface area contributed by atoms with Crippen LogP contribution >= 0.6 is 0 Å². The van der Waals surface area contributed by atoms with Gasteiger partial charge in [-0.1, -0.05) is 0 Å². The summed E-state index contributed by atoms with van der Waals surface area (Å²) >= 11 is 0. The van der Waals surface area contributed by atoms with Crippen molar-refractivity contribution in [1.29, 1.82) is 0 Å². The lowest BCUT2D eigenvalue weighted by atomic mass is 10.1. The van der Waals surface area contributed by atoms with Crippen LogP contribution < -0.4 is 0 Å². The van der Waals surface area contributed by atoms with Crippen LogP contribution in [0.4, 0.5) is 4.79 Å². The van der Waals surface area contributed by atoms with Crippen LogP contribution in [0.5, 0.6) is 0 Å². The normalized spacial score (nSPS) is 30.6. The molecular formula is C12H22N2O3. The zero-order valence-electron chi connectivity index (χ0n) is 10.5. The summed E-state index contributed by atoms with van der Waals surface area (Å²) in [6.45, 7) is 5.37. The molecule has 1 amide bonds. The maximum Gasteiger partial charge on any atom is 0.409 e. The summed E-state index contributed by atoms with van der Waals surface area (Å²) in [5.41, 5.74) is 0. The molecule has 2 aliphatic rings. The fourth-order valence-corrected chi connectivity index (χ4v) is 2.80. The van der Waals surface area contributed by atoms with Gasteiger partial charge in [-0.3, -0.25) is 4.90 Å². The molecule has 5 heteroatoms. The second-order valence-corrected chi connectivity index (χ2v) is 4.79. The molecule has 2 rings (SSSR count). The minimum Gasteiger partial charge on any atom is -0.450 e. The Morgan fingerprint density at radius 1 is 1.29 bits per heavy atom. The zero-order valence-corrected chi connectivity index (χ0v) is 10.5. The van der Waals surface area contributed by atoms with Crippen molar-refractivity contribution in [1.82, 2.24) is 9.80 Å². The number of carbonyl (C=O) groups is 1. The first kappa shape index (κ1) is 12.6. The van der Waals surface area contributed by atoms with E-state index in [9.17, 15) is 9.90 Å². The Labute approximate surface area is 102 Å². The molecule has 1 saturated carbocycles. The number of rotatable bonds is 2. The Hall–Kier alpha value is -0.810. The average Bonchev–Trinajstić information content (AvgIpc) is 2.76. The van der Waals surface area contributed by atoms with Gasteiger partial charge < -0.3 is 14.7 Å². The lowest BCUT2D eigenvalue weighted by Crippen LogP contribution is -2.53. The van der Waals surface area contributed by atoms with Crippen molar-refractivity contribution in [3.8, 4) is 0 Å². The maximum absolute atomic E-state index is 11.5. The summed E-state index contributed by atoms with van der Waals surface area (Å²) in [4.78, 5) is 15.6. The third kappa shape index (κ3) is 2.90. The van der Waals surface area contributed by atoms with E-state index >= 15 is 0 Å². The van der Waals surface area contributed by atoms with Gasteiger partial charge in [0.15, 0.2) is 0 Å². The van der Waals surface area contributed by atoms with Crippen LogP contribution in [0.3, 0.4) is 0 Å². The van der Waals surface area contributed by atoms with Crippen LogP contribution in [0.25, 0.3) is 0 Å². The molecule has 0 spiro atoms. The number of piperazine rings is 1. The fraction of sp³-hybridized carbons (Fsp3) is 0.917. The second-order valence-electron chi connectivity index (χ2n) is 4.79. The van der Waals surface area contributed by atoms with Gasteiger partial charge in [0.1, 0.15) is 0 Å². The Morgan fingerprint density at radius 2 is 2.00 bits per heavy atom. The molecule has 1 saturated heterocycles. The molecular weight excluding hydrogens is 220 g/mol. The largest absolute Gasteiger partial charge is 0.450 e. The highest BCUT2D eigenvalue weighted by molar-refractivity contribution is 5.67. The van der Waals surface area contributed by atoms with Gasteiger partial charge in [0.05, 0.1) is 12.7 Å². The van der Waals surface area contributed by atoms with E-state index in [0.29, 0.717) is 25.7 Å². The van der Waals surface area contributed by atoms with E-state index in [1.54, 1.807) is 4.90 Å². The van der Waals surface area contributed by atoms with Gasteiger partial charge in [-0.2, -0.15) is 0 Å². The van der Waals surface area contributed by atoms with Gasteiger partial charge in [0.2, 0.25) is 0 Å². The Bertz CT molecular complexity index is 264. The highest BCUT2D eigenvalue weighted by Gasteiger charge is 2.33.